The number of methoxy groups -OCH3 is 1. The Morgan fingerprint density at radius 1 is 1.08 bits per heavy atom. The molecule has 1 aromatic carbocycles. The van der Waals surface area contributed by atoms with Crippen molar-refractivity contribution in [2.24, 2.45) is 0 Å². The number of hydrogen-bond acceptors (Lipinski definition) is 7. The van der Waals surface area contributed by atoms with E-state index in [0.717, 1.165) is 51.4 Å². The Hall–Kier alpha value is -2.72. The van der Waals surface area contributed by atoms with Crippen molar-refractivity contribution in [3.05, 3.63) is 38.8 Å². The summed E-state index contributed by atoms with van der Waals surface area (Å²) in [6, 6.07) is 3.16. The fourth-order valence-corrected chi connectivity index (χ4v) is 6.11. The highest BCUT2D eigenvalue weighted by Crippen LogP contribution is 2.32. The van der Waals surface area contributed by atoms with E-state index in [1.165, 1.54) is 24.2 Å². The number of halogens is 1. The van der Waals surface area contributed by atoms with Crippen molar-refractivity contribution in [2.45, 2.75) is 82.5 Å². The lowest BCUT2D eigenvalue weighted by Crippen LogP contribution is -2.49. The number of aromatic nitrogens is 2. The minimum absolute atomic E-state index is 0.0121. The Balaban J connectivity index is 1.48. The van der Waals surface area contributed by atoms with E-state index < -0.39 is 23.4 Å². The molecular formula is C27H37FN4O5. The number of benzene rings is 1. The zero-order chi connectivity index (χ0) is 25.9. The monoisotopic (exact) mass is 516 g/mol. The lowest BCUT2D eigenvalue weighted by Gasteiger charge is -2.31. The van der Waals surface area contributed by atoms with E-state index in [1.54, 1.807) is 10.6 Å². The third-order valence-corrected chi connectivity index (χ3v) is 8.17. The number of nitrogens with one attached hydrogen (secondary N) is 1. The molecule has 1 saturated heterocycles. The number of anilines is 1. The van der Waals surface area contributed by atoms with Gasteiger partial charge in [-0.25, -0.2) is 14.0 Å². The summed E-state index contributed by atoms with van der Waals surface area (Å²) in [5.74, 6) is -0.906. The molecule has 9 nitrogen and oxygen atoms in total. The second kappa shape index (κ2) is 11.3. The topological polar surface area (TPSA) is 94.8 Å². The number of morpholine rings is 1. The first-order chi connectivity index (χ1) is 18.0. The van der Waals surface area contributed by atoms with Crippen LogP contribution in [-0.4, -0.2) is 65.5 Å². The molecule has 1 atom stereocenters. The minimum atomic E-state index is -0.689. The zero-order valence-electron chi connectivity index (χ0n) is 21.5. The van der Waals surface area contributed by atoms with Crippen LogP contribution >= 0.6 is 0 Å². The molecule has 5 rings (SSSR count). The quantitative estimate of drug-likeness (QED) is 0.566. The van der Waals surface area contributed by atoms with Crippen molar-refractivity contribution < 1.29 is 18.7 Å². The normalized spacial score (nSPS) is 21.9. The van der Waals surface area contributed by atoms with Gasteiger partial charge in [0.25, 0.3) is 5.56 Å². The van der Waals surface area contributed by atoms with Crippen molar-refractivity contribution in [3.8, 4) is 0 Å². The lowest BCUT2D eigenvalue weighted by molar-refractivity contribution is -0.159. The largest absolute Gasteiger partial charge is 0.467 e. The maximum atomic E-state index is 15.3. The minimum Gasteiger partial charge on any atom is -0.467 e. The number of hydrogen-bond donors (Lipinski definition) is 1. The smallest absolute Gasteiger partial charge is 0.336 e. The van der Waals surface area contributed by atoms with Crippen LogP contribution in [0.4, 0.5) is 10.1 Å². The van der Waals surface area contributed by atoms with Gasteiger partial charge in [0.05, 0.1) is 30.3 Å². The summed E-state index contributed by atoms with van der Waals surface area (Å²) >= 11 is 0. The summed E-state index contributed by atoms with van der Waals surface area (Å²) in [4.78, 5) is 41.1. The van der Waals surface area contributed by atoms with Crippen LogP contribution in [0.3, 0.4) is 0 Å². The van der Waals surface area contributed by atoms with Crippen LogP contribution in [0.5, 0.6) is 0 Å². The van der Waals surface area contributed by atoms with Gasteiger partial charge in [0.2, 0.25) is 0 Å². The molecule has 1 N–H and O–H groups in total. The second-order valence-electron chi connectivity index (χ2n) is 10.6. The highest BCUT2D eigenvalue weighted by atomic mass is 19.1. The van der Waals surface area contributed by atoms with Gasteiger partial charge < -0.3 is 14.8 Å². The van der Waals surface area contributed by atoms with E-state index in [2.05, 4.69) is 5.32 Å². The van der Waals surface area contributed by atoms with E-state index in [-0.39, 0.29) is 29.7 Å². The Morgan fingerprint density at radius 3 is 2.54 bits per heavy atom. The molecule has 202 valence electrons. The highest BCUT2D eigenvalue weighted by molar-refractivity contribution is 5.82. The summed E-state index contributed by atoms with van der Waals surface area (Å²) < 4.78 is 28.5. The number of rotatable bonds is 7. The van der Waals surface area contributed by atoms with Crippen molar-refractivity contribution in [1.82, 2.24) is 14.0 Å². The van der Waals surface area contributed by atoms with Crippen molar-refractivity contribution in [2.75, 3.05) is 38.7 Å². The molecule has 0 bridgehead atoms. The summed E-state index contributed by atoms with van der Waals surface area (Å²) in [6.45, 7) is 1.82. The van der Waals surface area contributed by atoms with E-state index in [9.17, 15) is 14.4 Å². The van der Waals surface area contributed by atoms with Gasteiger partial charge in [0, 0.05) is 38.3 Å². The van der Waals surface area contributed by atoms with Gasteiger partial charge in [-0.15, -0.1) is 0 Å². The number of ether oxygens (including phenoxy) is 2. The van der Waals surface area contributed by atoms with Crippen molar-refractivity contribution in [3.63, 3.8) is 0 Å². The molecule has 2 heterocycles. The van der Waals surface area contributed by atoms with Gasteiger partial charge in [-0.05, 0) is 37.8 Å². The Bertz CT molecular complexity index is 1250. The highest BCUT2D eigenvalue weighted by Gasteiger charge is 2.28. The predicted octanol–water partition coefficient (Wildman–Crippen LogP) is 3.04. The Morgan fingerprint density at radius 2 is 1.81 bits per heavy atom. The number of fused-ring (bicyclic) bond motifs is 1. The standard InChI is InChI=1S/C27H37FN4O5/c1-36-26(34)24-17-30(13-14-37-24)11-12-31-25(33)20-15-21(28)22(29-18-7-3-2-4-8-18)16-23(20)32(27(31)35)19-9-5-6-10-19/h15-16,18-19,24,29H,2-14,17H2,1H3. The molecule has 10 heteroatoms. The molecule has 2 aliphatic carbocycles. The molecule has 1 aliphatic heterocycles. The number of carbonyl (C=O) groups is 1. The summed E-state index contributed by atoms with van der Waals surface area (Å²) in [7, 11) is 1.32. The van der Waals surface area contributed by atoms with Crippen LogP contribution in [0.2, 0.25) is 0 Å². The number of nitrogens with zero attached hydrogens (tertiary/aromatic N) is 3. The molecule has 3 fully saturated rings. The van der Waals surface area contributed by atoms with Crippen LogP contribution in [0.1, 0.15) is 63.8 Å². The third-order valence-electron chi connectivity index (χ3n) is 8.17. The predicted molar refractivity (Wildman–Crippen MR) is 139 cm³/mol. The first kappa shape index (κ1) is 25.9. The van der Waals surface area contributed by atoms with Gasteiger partial charge in [0.15, 0.2) is 6.10 Å². The molecule has 3 aliphatic rings. The van der Waals surface area contributed by atoms with Crippen LogP contribution in [0, 0.1) is 5.82 Å². The molecule has 2 aromatic rings. The van der Waals surface area contributed by atoms with Gasteiger partial charge in [0.1, 0.15) is 5.82 Å². The maximum absolute atomic E-state index is 15.3. The first-order valence-corrected chi connectivity index (χ1v) is 13.6. The molecule has 0 radical (unpaired) electrons. The molecule has 37 heavy (non-hydrogen) atoms. The summed E-state index contributed by atoms with van der Waals surface area (Å²) in [6.07, 6.45) is 8.50. The average molecular weight is 517 g/mol. The van der Waals surface area contributed by atoms with Gasteiger partial charge in [-0.3, -0.25) is 18.8 Å². The summed E-state index contributed by atoms with van der Waals surface area (Å²) in [5.41, 5.74) is 0.0485. The Labute approximate surface area is 215 Å². The molecule has 2 saturated carbocycles. The van der Waals surface area contributed by atoms with Crippen LogP contribution in [-0.2, 0) is 20.8 Å². The third kappa shape index (κ3) is 5.45. The Kier molecular flexibility index (Phi) is 7.95. The number of carbonyl (C=O) groups excluding carboxylic acids is 1. The zero-order valence-corrected chi connectivity index (χ0v) is 21.5. The maximum Gasteiger partial charge on any atom is 0.336 e. The molecule has 1 aromatic heterocycles. The van der Waals surface area contributed by atoms with E-state index in [0.29, 0.717) is 37.4 Å². The molecular weight excluding hydrogens is 479 g/mol. The van der Waals surface area contributed by atoms with E-state index in [1.807, 2.05) is 4.90 Å². The molecule has 1 unspecified atom stereocenters. The van der Waals surface area contributed by atoms with Gasteiger partial charge in [-0.2, -0.15) is 0 Å². The first-order valence-electron chi connectivity index (χ1n) is 13.6. The fraction of sp³-hybridized carbons (Fsp3) is 0.667. The molecule has 0 amide bonds. The summed E-state index contributed by atoms with van der Waals surface area (Å²) in [5, 5.41) is 3.57. The van der Waals surface area contributed by atoms with E-state index in [4.69, 9.17) is 9.47 Å². The van der Waals surface area contributed by atoms with Gasteiger partial charge >= 0.3 is 11.7 Å². The SMILES string of the molecule is COC(=O)C1CN(CCn2c(=O)c3cc(F)c(NC4CCCCC4)cc3n(C3CCCC3)c2=O)CCO1. The lowest BCUT2D eigenvalue weighted by atomic mass is 9.95. The van der Waals surface area contributed by atoms with Crippen LogP contribution < -0.4 is 16.6 Å². The molecule has 0 spiro atoms. The average Bonchev–Trinajstić information content (AvgIpc) is 3.44. The van der Waals surface area contributed by atoms with E-state index >= 15 is 4.39 Å². The number of esters is 1. The second-order valence-corrected chi connectivity index (χ2v) is 10.6. The van der Waals surface area contributed by atoms with Crippen molar-refractivity contribution >= 4 is 22.6 Å². The van der Waals surface area contributed by atoms with Crippen molar-refractivity contribution in [1.29, 1.82) is 0 Å². The van der Waals surface area contributed by atoms with Gasteiger partial charge in [-0.1, -0.05) is 32.1 Å². The van der Waals surface area contributed by atoms with Crippen LogP contribution in [0.15, 0.2) is 21.7 Å². The fourth-order valence-electron chi connectivity index (χ4n) is 6.11. The van der Waals surface area contributed by atoms with Crippen LogP contribution in [0.25, 0.3) is 10.9 Å².